The Morgan fingerprint density at radius 3 is 2.53 bits per heavy atom. The molecule has 6 nitrogen and oxygen atoms in total. The molecule has 102 valence electrons. The molecule has 0 atom stereocenters. The molecule has 0 aliphatic heterocycles. The molecule has 2 rings (SSSR count). The lowest BCUT2D eigenvalue weighted by molar-refractivity contribution is 0.384. The lowest BCUT2D eigenvalue weighted by Crippen LogP contribution is -2.08. The fraction of sp³-hybridized carbons (Fsp3) is 0.462. The molecule has 0 bridgehead atoms. The third-order valence-corrected chi connectivity index (χ3v) is 2.73. The molecule has 2 aromatic heterocycles. The number of aryl methyl sites for hydroxylation is 1. The van der Waals surface area contributed by atoms with Gasteiger partial charge in [-0.1, -0.05) is 12.1 Å². The minimum absolute atomic E-state index is 0.561. The van der Waals surface area contributed by atoms with Gasteiger partial charge in [-0.15, -0.1) is 0 Å². The lowest BCUT2D eigenvalue weighted by Gasteiger charge is -2.11. The van der Waals surface area contributed by atoms with Gasteiger partial charge in [0.05, 0.1) is 12.2 Å². The summed E-state index contributed by atoms with van der Waals surface area (Å²) in [5, 5.41) is 10.4. The van der Waals surface area contributed by atoms with E-state index < -0.39 is 0 Å². The highest BCUT2D eigenvalue weighted by atomic mass is 16.5. The van der Waals surface area contributed by atoms with E-state index in [0.717, 1.165) is 41.6 Å². The van der Waals surface area contributed by atoms with Crippen LogP contribution in [0, 0.1) is 13.8 Å². The number of nitrogens with zero attached hydrogens (tertiary/aromatic N) is 3. The lowest BCUT2D eigenvalue weighted by atomic mass is 10.3. The van der Waals surface area contributed by atoms with Crippen molar-refractivity contribution in [3.8, 4) is 0 Å². The third-order valence-electron chi connectivity index (χ3n) is 2.73. The van der Waals surface area contributed by atoms with E-state index >= 15 is 0 Å². The first kappa shape index (κ1) is 13.3. The van der Waals surface area contributed by atoms with Crippen LogP contribution in [0.2, 0.25) is 0 Å². The summed E-state index contributed by atoms with van der Waals surface area (Å²) in [5.74, 6) is 2.47. The molecule has 0 spiro atoms. The van der Waals surface area contributed by atoms with Crippen LogP contribution >= 0.6 is 0 Å². The topological polar surface area (TPSA) is 75.9 Å². The molecule has 0 aliphatic carbocycles. The number of anilines is 2. The maximum absolute atomic E-state index is 5.15. The first-order chi connectivity index (χ1) is 9.20. The highest BCUT2D eigenvalue weighted by Crippen LogP contribution is 2.18. The van der Waals surface area contributed by atoms with E-state index in [4.69, 9.17) is 4.52 Å². The number of nitrogens with one attached hydrogen (secondary N) is 2. The standard InChI is InChI=1S/C13H19N5O/c1-4-5-14-12-10(3)13(17-8-16-12)15-7-11-6-9(2)18-19-11/h6,8H,4-5,7H2,1-3H3,(H2,14,15,16,17). The molecule has 0 aromatic carbocycles. The molecule has 0 radical (unpaired) electrons. The van der Waals surface area contributed by atoms with E-state index in [1.807, 2.05) is 19.9 Å². The highest BCUT2D eigenvalue weighted by molar-refractivity contribution is 5.56. The van der Waals surface area contributed by atoms with Crippen molar-refractivity contribution in [3.05, 3.63) is 29.4 Å². The summed E-state index contributed by atoms with van der Waals surface area (Å²) in [6.45, 7) is 7.47. The predicted octanol–water partition coefficient (Wildman–Crippen LogP) is 2.52. The summed E-state index contributed by atoms with van der Waals surface area (Å²) in [4.78, 5) is 8.48. The van der Waals surface area contributed by atoms with E-state index in [-0.39, 0.29) is 0 Å². The second kappa shape index (κ2) is 6.17. The number of aromatic nitrogens is 3. The smallest absolute Gasteiger partial charge is 0.156 e. The molecule has 0 saturated heterocycles. The molecular weight excluding hydrogens is 242 g/mol. The van der Waals surface area contributed by atoms with Gasteiger partial charge in [0, 0.05) is 18.2 Å². The monoisotopic (exact) mass is 261 g/mol. The second-order valence-corrected chi connectivity index (χ2v) is 4.41. The predicted molar refractivity (Wildman–Crippen MR) is 74.1 cm³/mol. The van der Waals surface area contributed by atoms with Gasteiger partial charge >= 0.3 is 0 Å². The maximum atomic E-state index is 5.15. The average Bonchev–Trinajstić information content (AvgIpc) is 2.82. The van der Waals surface area contributed by atoms with E-state index in [9.17, 15) is 0 Å². The fourth-order valence-corrected chi connectivity index (χ4v) is 1.72. The summed E-state index contributed by atoms with van der Waals surface area (Å²) in [5.41, 5.74) is 1.88. The molecule has 2 heterocycles. The minimum atomic E-state index is 0.561. The zero-order valence-electron chi connectivity index (χ0n) is 11.5. The molecule has 2 aromatic rings. The SMILES string of the molecule is CCCNc1ncnc(NCc2cc(C)no2)c1C. The van der Waals surface area contributed by atoms with Crippen molar-refractivity contribution in [2.45, 2.75) is 33.7 Å². The van der Waals surface area contributed by atoms with Crippen LogP contribution in [-0.2, 0) is 6.54 Å². The van der Waals surface area contributed by atoms with E-state index in [1.54, 1.807) is 6.33 Å². The van der Waals surface area contributed by atoms with Crippen molar-refractivity contribution < 1.29 is 4.52 Å². The van der Waals surface area contributed by atoms with Gasteiger partial charge in [0.2, 0.25) is 0 Å². The van der Waals surface area contributed by atoms with E-state index in [2.05, 4.69) is 32.7 Å². The molecular formula is C13H19N5O. The van der Waals surface area contributed by atoms with Crippen LogP contribution in [0.3, 0.4) is 0 Å². The van der Waals surface area contributed by atoms with Gasteiger partial charge in [0.15, 0.2) is 5.76 Å². The fourth-order valence-electron chi connectivity index (χ4n) is 1.72. The second-order valence-electron chi connectivity index (χ2n) is 4.41. The summed E-state index contributed by atoms with van der Waals surface area (Å²) in [6, 6.07) is 1.90. The Morgan fingerprint density at radius 1 is 1.16 bits per heavy atom. The molecule has 0 amide bonds. The Labute approximate surface area is 112 Å². The van der Waals surface area contributed by atoms with Crippen molar-refractivity contribution in [2.75, 3.05) is 17.2 Å². The Kier molecular flexibility index (Phi) is 4.33. The largest absolute Gasteiger partial charge is 0.370 e. The van der Waals surface area contributed by atoms with Gasteiger partial charge in [0.1, 0.15) is 18.0 Å². The number of rotatable bonds is 6. The van der Waals surface area contributed by atoms with Gasteiger partial charge in [-0.3, -0.25) is 0 Å². The van der Waals surface area contributed by atoms with Crippen LogP contribution in [0.15, 0.2) is 16.9 Å². The van der Waals surface area contributed by atoms with Gasteiger partial charge in [-0.2, -0.15) is 0 Å². The van der Waals surface area contributed by atoms with Crippen LogP contribution in [0.1, 0.15) is 30.4 Å². The quantitative estimate of drug-likeness (QED) is 0.832. The summed E-state index contributed by atoms with van der Waals surface area (Å²) in [6.07, 6.45) is 2.61. The van der Waals surface area contributed by atoms with E-state index in [0.29, 0.717) is 6.54 Å². The van der Waals surface area contributed by atoms with Gasteiger partial charge in [0.25, 0.3) is 0 Å². The molecule has 19 heavy (non-hydrogen) atoms. The first-order valence-electron chi connectivity index (χ1n) is 6.42. The van der Waals surface area contributed by atoms with Crippen molar-refractivity contribution in [1.29, 1.82) is 0 Å². The minimum Gasteiger partial charge on any atom is -0.370 e. The van der Waals surface area contributed by atoms with Gasteiger partial charge in [-0.25, -0.2) is 9.97 Å². The van der Waals surface area contributed by atoms with Crippen molar-refractivity contribution in [2.24, 2.45) is 0 Å². The normalized spacial score (nSPS) is 10.5. The molecule has 2 N–H and O–H groups in total. The highest BCUT2D eigenvalue weighted by Gasteiger charge is 2.07. The Balaban J connectivity index is 2.03. The van der Waals surface area contributed by atoms with Crippen LogP contribution in [0.4, 0.5) is 11.6 Å². The van der Waals surface area contributed by atoms with Crippen molar-refractivity contribution in [1.82, 2.24) is 15.1 Å². The van der Waals surface area contributed by atoms with Crippen LogP contribution < -0.4 is 10.6 Å². The Morgan fingerprint density at radius 2 is 1.89 bits per heavy atom. The Bertz CT molecular complexity index is 538. The molecule has 0 aliphatic rings. The molecule has 6 heteroatoms. The van der Waals surface area contributed by atoms with Crippen molar-refractivity contribution in [3.63, 3.8) is 0 Å². The van der Waals surface area contributed by atoms with Gasteiger partial charge in [-0.05, 0) is 20.3 Å². The summed E-state index contributed by atoms with van der Waals surface area (Å²) >= 11 is 0. The summed E-state index contributed by atoms with van der Waals surface area (Å²) in [7, 11) is 0. The number of hydrogen-bond acceptors (Lipinski definition) is 6. The van der Waals surface area contributed by atoms with Gasteiger partial charge < -0.3 is 15.2 Å². The third kappa shape index (κ3) is 3.43. The van der Waals surface area contributed by atoms with Crippen LogP contribution in [0.5, 0.6) is 0 Å². The molecule has 0 unspecified atom stereocenters. The van der Waals surface area contributed by atoms with Crippen LogP contribution in [0.25, 0.3) is 0 Å². The maximum Gasteiger partial charge on any atom is 0.156 e. The van der Waals surface area contributed by atoms with Crippen molar-refractivity contribution >= 4 is 11.6 Å². The van der Waals surface area contributed by atoms with E-state index in [1.165, 1.54) is 0 Å². The average molecular weight is 261 g/mol. The zero-order valence-corrected chi connectivity index (χ0v) is 11.5. The zero-order chi connectivity index (χ0) is 13.7. The number of hydrogen-bond donors (Lipinski definition) is 2. The molecule has 0 fully saturated rings. The van der Waals surface area contributed by atoms with Crippen LogP contribution in [-0.4, -0.2) is 21.7 Å². The summed E-state index contributed by atoms with van der Waals surface area (Å²) < 4.78 is 5.15. The first-order valence-corrected chi connectivity index (χ1v) is 6.42. The molecule has 0 saturated carbocycles. The Hall–Kier alpha value is -2.11.